The van der Waals surface area contributed by atoms with Gasteiger partial charge in [0.25, 0.3) is 0 Å². The van der Waals surface area contributed by atoms with Crippen LogP contribution in [0.3, 0.4) is 0 Å². The van der Waals surface area contributed by atoms with Gasteiger partial charge in [-0.05, 0) is 90.6 Å². The lowest BCUT2D eigenvalue weighted by atomic mass is 9.68. The summed E-state index contributed by atoms with van der Waals surface area (Å²) in [7, 11) is 0. The van der Waals surface area contributed by atoms with Crippen LogP contribution >= 0.6 is 0 Å². The Kier molecular flexibility index (Phi) is 6.73. The van der Waals surface area contributed by atoms with Crippen LogP contribution in [0.25, 0.3) is 11.8 Å². The third-order valence-electron chi connectivity index (χ3n) is 8.41. The van der Waals surface area contributed by atoms with Crippen LogP contribution in [0.2, 0.25) is 0 Å². The molecular formula is C32H32FN5O. The molecule has 1 saturated carbocycles. The van der Waals surface area contributed by atoms with Crippen molar-refractivity contribution in [3.05, 3.63) is 119 Å². The number of amides is 2. The molecule has 6 nitrogen and oxygen atoms in total. The Morgan fingerprint density at radius 3 is 2.67 bits per heavy atom. The summed E-state index contributed by atoms with van der Waals surface area (Å²) in [5, 5.41) is 10.9. The number of halogens is 1. The molecule has 4 aromatic rings. The summed E-state index contributed by atoms with van der Waals surface area (Å²) in [5.41, 5.74) is 6.49. The number of urea groups is 1. The first-order valence-electron chi connectivity index (χ1n) is 13.5. The average molecular weight is 522 g/mol. The third kappa shape index (κ3) is 5.09. The van der Waals surface area contributed by atoms with Gasteiger partial charge in [-0.3, -0.25) is 4.98 Å². The molecule has 7 heteroatoms. The maximum absolute atomic E-state index is 13.5. The summed E-state index contributed by atoms with van der Waals surface area (Å²) in [6, 6.07) is 22.1. The van der Waals surface area contributed by atoms with E-state index in [0.717, 1.165) is 48.3 Å². The van der Waals surface area contributed by atoms with E-state index in [0.29, 0.717) is 12.5 Å². The quantitative estimate of drug-likeness (QED) is 0.296. The van der Waals surface area contributed by atoms with Crippen molar-refractivity contribution < 1.29 is 9.18 Å². The number of nitrogens with one attached hydrogen (secondary N) is 2. The topological polar surface area (TPSA) is 71.8 Å². The Bertz CT molecular complexity index is 1480. The Hall–Kier alpha value is -4.26. The van der Waals surface area contributed by atoms with Gasteiger partial charge in [-0.25, -0.2) is 13.9 Å². The van der Waals surface area contributed by atoms with E-state index in [2.05, 4.69) is 45.8 Å². The van der Waals surface area contributed by atoms with E-state index < -0.39 is 0 Å². The summed E-state index contributed by atoms with van der Waals surface area (Å²) < 4.78 is 15.4. The lowest BCUT2D eigenvalue weighted by Gasteiger charge is -2.37. The Balaban J connectivity index is 1.21. The maximum atomic E-state index is 13.5. The highest BCUT2D eigenvalue weighted by Gasteiger charge is 2.46. The van der Waals surface area contributed by atoms with E-state index in [1.54, 1.807) is 18.3 Å². The lowest BCUT2D eigenvalue weighted by molar-refractivity contribution is 0.215. The zero-order valence-electron chi connectivity index (χ0n) is 22.0. The van der Waals surface area contributed by atoms with Crippen molar-refractivity contribution in [1.29, 1.82) is 0 Å². The number of aromatic nitrogens is 3. The SMILES string of the molecule is C[C@]12Cc3cnn(-c4ccc(F)cc4)c3C=C1CC[C@@H]2CC(NC(=O)NCc1ccccn1)c1ccccc1. The van der Waals surface area contributed by atoms with Crippen LogP contribution in [0.1, 0.15) is 54.7 Å². The summed E-state index contributed by atoms with van der Waals surface area (Å²) in [6.45, 7) is 2.74. The molecule has 1 fully saturated rings. The second-order valence-electron chi connectivity index (χ2n) is 10.8. The largest absolute Gasteiger partial charge is 0.332 e. The third-order valence-corrected chi connectivity index (χ3v) is 8.41. The zero-order valence-corrected chi connectivity index (χ0v) is 22.0. The van der Waals surface area contributed by atoms with Crippen molar-refractivity contribution in [1.82, 2.24) is 25.4 Å². The molecule has 2 N–H and O–H groups in total. The molecule has 2 aliphatic rings. The van der Waals surface area contributed by atoms with Crippen molar-refractivity contribution in [2.45, 2.75) is 45.2 Å². The van der Waals surface area contributed by atoms with Crippen molar-refractivity contribution in [2.24, 2.45) is 11.3 Å². The Labute approximate surface area is 228 Å². The number of nitrogens with zero attached hydrogens (tertiary/aromatic N) is 3. The molecule has 39 heavy (non-hydrogen) atoms. The van der Waals surface area contributed by atoms with Crippen molar-refractivity contribution >= 4 is 12.1 Å². The minimum atomic E-state index is -0.253. The van der Waals surface area contributed by atoms with Crippen LogP contribution in [0.4, 0.5) is 9.18 Å². The molecule has 1 unspecified atom stereocenters. The number of rotatable bonds is 7. The number of carbonyl (C=O) groups excluding carboxylic acids is 1. The minimum Gasteiger partial charge on any atom is -0.332 e. The van der Waals surface area contributed by atoms with Crippen LogP contribution in [-0.4, -0.2) is 20.8 Å². The summed E-state index contributed by atoms with van der Waals surface area (Å²) in [4.78, 5) is 17.3. The zero-order chi connectivity index (χ0) is 26.8. The molecule has 2 heterocycles. The number of hydrogen-bond donors (Lipinski definition) is 2. The Morgan fingerprint density at radius 1 is 1.10 bits per heavy atom. The molecule has 198 valence electrons. The smallest absolute Gasteiger partial charge is 0.315 e. The molecule has 2 aromatic heterocycles. The molecule has 2 aromatic carbocycles. The normalized spacial score (nSPS) is 20.5. The number of pyridine rings is 1. The molecule has 2 amide bonds. The number of fused-ring (bicyclic) bond motifs is 2. The fraction of sp³-hybridized carbons (Fsp3) is 0.281. The number of allylic oxidation sites excluding steroid dienone is 1. The van der Waals surface area contributed by atoms with Crippen molar-refractivity contribution in [3.8, 4) is 5.69 Å². The fourth-order valence-electron chi connectivity index (χ4n) is 6.23. The highest BCUT2D eigenvalue weighted by Crippen LogP contribution is 2.55. The molecule has 0 aliphatic heterocycles. The molecule has 0 bridgehead atoms. The maximum Gasteiger partial charge on any atom is 0.315 e. The second-order valence-corrected chi connectivity index (χ2v) is 10.8. The molecule has 0 spiro atoms. The molecular weight excluding hydrogens is 489 g/mol. The van der Waals surface area contributed by atoms with Crippen molar-refractivity contribution in [3.63, 3.8) is 0 Å². The summed E-state index contributed by atoms with van der Waals surface area (Å²) in [6.07, 6.45) is 9.79. The monoisotopic (exact) mass is 521 g/mol. The van der Waals surface area contributed by atoms with Crippen LogP contribution in [0.5, 0.6) is 0 Å². The van der Waals surface area contributed by atoms with Gasteiger partial charge in [0.15, 0.2) is 0 Å². The van der Waals surface area contributed by atoms with E-state index in [-0.39, 0.29) is 23.3 Å². The highest BCUT2D eigenvalue weighted by molar-refractivity contribution is 5.74. The van der Waals surface area contributed by atoms with Gasteiger partial charge in [0.2, 0.25) is 0 Å². The number of benzene rings is 2. The van der Waals surface area contributed by atoms with Gasteiger partial charge >= 0.3 is 6.03 Å². The van der Waals surface area contributed by atoms with E-state index in [4.69, 9.17) is 0 Å². The van der Waals surface area contributed by atoms with Gasteiger partial charge in [0, 0.05) is 6.20 Å². The first kappa shape index (κ1) is 25.0. The van der Waals surface area contributed by atoms with Gasteiger partial charge in [0.1, 0.15) is 5.82 Å². The fourth-order valence-corrected chi connectivity index (χ4v) is 6.23. The van der Waals surface area contributed by atoms with Crippen LogP contribution in [0, 0.1) is 17.2 Å². The van der Waals surface area contributed by atoms with Gasteiger partial charge in [0.05, 0.1) is 35.9 Å². The molecule has 0 saturated heterocycles. The number of carbonyl (C=O) groups is 1. The molecule has 3 atom stereocenters. The van der Waals surface area contributed by atoms with E-state index in [9.17, 15) is 9.18 Å². The minimum absolute atomic E-state index is 0.0111. The van der Waals surface area contributed by atoms with Gasteiger partial charge in [-0.15, -0.1) is 0 Å². The molecule has 2 aliphatic carbocycles. The standard InChI is InChI=1S/C32H32FN5O/c1-32-19-23-20-36-38(28-14-12-26(33)13-15-28)30(23)18-25(32)11-10-24(32)17-29(22-7-3-2-4-8-22)37-31(39)35-21-27-9-5-6-16-34-27/h2-9,12-16,18,20,24,29H,10-11,17,19,21H2,1H3,(H2,35,37,39)/t24-,29?,32-/m1/s1. The van der Waals surface area contributed by atoms with Gasteiger partial charge in [-0.1, -0.05) is 48.9 Å². The van der Waals surface area contributed by atoms with Gasteiger partial charge < -0.3 is 10.6 Å². The van der Waals surface area contributed by atoms with E-state index >= 15 is 0 Å². The predicted molar refractivity (Wildman–Crippen MR) is 149 cm³/mol. The van der Waals surface area contributed by atoms with E-state index in [1.165, 1.54) is 23.3 Å². The lowest BCUT2D eigenvalue weighted by Crippen LogP contribution is -2.40. The molecule has 0 radical (unpaired) electrons. The summed E-state index contributed by atoms with van der Waals surface area (Å²) >= 11 is 0. The van der Waals surface area contributed by atoms with Crippen LogP contribution < -0.4 is 10.6 Å². The van der Waals surface area contributed by atoms with Crippen LogP contribution in [-0.2, 0) is 13.0 Å². The first-order valence-corrected chi connectivity index (χ1v) is 13.5. The molecule has 6 rings (SSSR count). The predicted octanol–water partition coefficient (Wildman–Crippen LogP) is 6.39. The Morgan fingerprint density at radius 2 is 1.90 bits per heavy atom. The van der Waals surface area contributed by atoms with Crippen LogP contribution in [0.15, 0.2) is 90.8 Å². The summed E-state index contributed by atoms with van der Waals surface area (Å²) in [5.74, 6) is 0.142. The number of hydrogen-bond acceptors (Lipinski definition) is 3. The van der Waals surface area contributed by atoms with Gasteiger partial charge in [-0.2, -0.15) is 5.10 Å². The van der Waals surface area contributed by atoms with Crippen molar-refractivity contribution in [2.75, 3.05) is 0 Å². The highest BCUT2D eigenvalue weighted by atomic mass is 19.1. The second kappa shape index (κ2) is 10.5. The first-order chi connectivity index (χ1) is 19.0. The van der Waals surface area contributed by atoms with E-state index in [1.807, 2.05) is 47.3 Å². The average Bonchev–Trinajstić information content (AvgIpc) is 3.51.